The number of nitrogens with zero attached hydrogens (tertiary/aromatic N) is 5. The molecule has 220 valence electrons. The number of carbonyl (C=O) groups excluding carboxylic acids is 1. The number of hydrogen-bond acceptors (Lipinski definition) is 6. The number of pyridine rings is 2. The van der Waals surface area contributed by atoms with Crippen LogP contribution in [0.1, 0.15) is 53.8 Å². The number of rotatable bonds is 7. The predicted octanol–water partition coefficient (Wildman–Crippen LogP) is 5.81. The van der Waals surface area contributed by atoms with Crippen LogP contribution in [0, 0.1) is 17.0 Å². The molecule has 2 atom stereocenters. The van der Waals surface area contributed by atoms with Crippen LogP contribution in [-0.4, -0.2) is 50.3 Å². The van der Waals surface area contributed by atoms with E-state index in [0.29, 0.717) is 18.5 Å². The van der Waals surface area contributed by atoms with Gasteiger partial charge in [-0.1, -0.05) is 17.2 Å². The average molecular weight is 622 g/mol. The molecule has 12 heteroatoms. The molecular formula is C31H26ClF2N5O3S. The lowest BCUT2D eigenvalue weighted by Crippen LogP contribution is -2.51. The summed E-state index contributed by atoms with van der Waals surface area (Å²) in [4.78, 5) is 22.7. The van der Waals surface area contributed by atoms with Crippen LogP contribution in [0.2, 0.25) is 5.15 Å². The lowest BCUT2D eigenvalue weighted by molar-refractivity contribution is 0.0733. The summed E-state index contributed by atoms with van der Waals surface area (Å²) < 4.78 is 59.2. The molecule has 2 fully saturated rings. The van der Waals surface area contributed by atoms with Crippen molar-refractivity contribution in [1.29, 1.82) is 0 Å². The highest BCUT2D eigenvalue weighted by Crippen LogP contribution is 2.52. The first-order chi connectivity index (χ1) is 20.7. The molecule has 3 aromatic heterocycles. The number of ketones is 1. The minimum atomic E-state index is -3.95. The van der Waals surface area contributed by atoms with Crippen molar-refractivity contribution in [3.8, 4) is 5.69 Å². The minimum absolute atomic E-state index is 0.0105. The third kappa shape index (κ3) is 4.89. The molecule has 0 radical (unpaired) electrons. The maximum Gasteiger partial charge on any atom is 0.245 e. The van der Waals surface area contributed by atoms with Gasteiger partial charge in [0.2, 0.25) is 10.0 Å². The largest absolute Gasteiger partial charge is 0.291 e. The van der Waals surface area contributed by atoms with E-state index in [9.17, 15) is 22.0 Å². The molecular weight excluding hydrogens is 596 g/mol. The fourth-order valence-electron chi connectivity index (χ4n) is 6.52. The highest BCUT2D eigenvalue weighted by atomic mass is 35.5. The van der Waals surface area contributed by atoms with E-state index in [-0.39, 0.29) is 46.2 Å². The molecule has 0 spiro atoms. The monoisotopic (exact) mass is 621 g/mol. The van der Waals surface area contributed by atoms with Crippen molar-refractivity contribution in [2.75, 3.05) is 0 Å². The number of sulfonamides is 1. The maximum absolute atomic E-state index is 14.4. The topological polar surface area (TPSA) is 98.0 Å². The predicted molar refractivity (Wildman–Crippen MR) is 155 cm³/mol. The van der Waals surface area contributed by atoms with Gasteiger partial charge < -0.3 is 0 Å². The normalized spacial score (nSPS) is 21.7. The third-order valence-electron chi connectivity index (χ3n) is 8.64. The van der Waals surface area contributed by atoms with Gasteiger partial charge in [0.15, 0.2) is 5.78 Å². The molecule has 0 bridgehead atoms. The molecule has 0 amide bonds. The first-order valence-corrected chi connectivity index (χ1v) is 15.8. The number of benzene rings is 1. The minimum Gasteiger partial charge on any atom is -0.291 e. The smallest absolute Gasteiger partial charge is 0.245 e. The first-order valence-electron chi connectivity index (χ1n) is 14.0. The Morgan fingerprint density at radius 3 is 2.47 bits per heavy atom. The second-order valence-corrected chi connectivity index (χ2v) is 13.6. The fraction of sp³-hybridized carbons (Fsp3) is 0.290. The zero-order valence-electron chi connectivity index (χ0n) is 22.8. The van der Waals surface area contributed by atoms with E-state index in [1.165, 1.54) is 42.7 Å². The highest BCUT2D eigenvalue weighted by molar-refractivity contribution is 7.89. The number of allylic oxidation sites excluding steroid dienone is 1. The van der Waals surface area contributed by atoms with Crippen LogP contribution in [-0.2, 0) is 16.4 Å². The molecule has 3 aliphatic carbocycles. The van der Waals surface area contributed by atoms with Crippen LogP contribution >= 0.6 is 11.6 Å². The molecule has 0 saturated heterocycles. The molecule has 0 aliphatic heterocycles. The van der Waals surface area contributed by atoms with Gasteiger partial charge in [-0.2, -0.15) is 9.40 Å². The van der Waals surface area contributed by atoms with Crippen molar-refractivity contribution < 1.29 is 22.0 Å². The van der Waals surface area contributed by atoms with Crippen LogP contribution in [0.3, 0.4) is 0 Å². The Bertz CT molecular complexity index is 1870. The SMILES string of the molecule is O=C(c1cc(F)ccn1)[C@]12Cc3cnn(-c4ccc(F)cc4)c3C=C1CC[C@H](N(C1CC1)S(=O)(=O)c1ccc(Cl)nc1)C2. The fourth-order valence-corrected chi connectivity index (χ4v) is 8.48. The van der Waals surface area contributed by atoms with E-state index in [1.54, 1.807) is 27.3 Å². The van der Waals surface area contributed by atoms with Gasteiger partial charge in [-0.15, -0.1) is 0 Å². The van der Waals surface area contributed by atoms with Crippen LogP contribution in [0.25, 0.3) is 11.8 Å². The van der Waals surface area contributed by atoms with E-state index in [2.05, 4.69) is 15.1 Å². The molecule has 3 aliphatic rings. The summed E-state index contributed by atoms with van der Waals surface area (Å²) in [6, 6.07) is 10.5. The number of halogens is 3. The summed E-state index contributed by atoms with van der Waals surface area (Å²) in [6.45, 7) is 0. The Hall–Kier alpha value is -3.80. The highest BCUT2D eigenvalue weighted by Gasteiger charge is 2.53. The quantitative estimate of drug-likeness (QED) is 0.191. The molecule has 1 aromatic carbocycles. The summed E-state index contributed by atoms with van der Waals surface area (Å²) in [5.41, 5.74) is 1.87. The summed E-state index contributed by atoms with van der Waals surface area (Å²) in [5, 5.41) is 4.74. The van der Waals surface area contributed by atoms with Gasteiger partial charge in [0.1, 0.15) is 27.4 Å². The van der Waals surface area contributed by atoms with Crippen LogP contribution in [0.4, 0.5) is 8.78 Å². The van der Waals surface area contributed by atoms with Crippen molar-refractivity contribution in [3.63, 3.8) is 0 Å². The van der Waals surface area contributed by atoms with Crippen molar-refractivity contribution >= 4 is 33.5 Å². The first kappa shape index (κ1) is 28.0. The van der Waals surface area contributed by atoms with Gasteiger partial charge in [-0.05, 0) is 92.6 Å². The molecule has 4 aromatic rings. The molecule has 3 heterocycles. The van der Waals surface area contributed by atoms with Crippen molar-refractivity contribution in [3.05, 3.63) is 106 Å². The Morgan fingerprint density at radius 1 is 0.977 bits per heavy atom. The Morgan fingerprint density at radius 2 is 1.77 bits per heavy atom. The summed E-state index contributed by atoms with van der Waals surface area (Å²) in [7, 11) is -3.95. The lowest BCUT2D eigenvalue weighted by atomic mass is 9.60. The Balaban J connectivity index is 1.32. The molecule has 0 unspecified atom stereocenters. The van der Waals surface area contributed by atoms with Gasteiger partial charge in [-0.3, -0.25) is 9.78 Å². The molecule has 8 nitrogen and oxygen atoms in total. The molecule has 2 saturated carbocycles. The van der Waals surface area contributed by atoms with E-state index in [4.69, 9.17) is 11.6 Å². The van der Waals surface area contributed by atoms with E-state index < -0.39 is 27.3 Å². The Labute approximate surface area is 252 Å². The Kier molecular flexibility index (Phi) is 6.79. The van der Waals surface area contributed by atoms with E-state index in [1.807, 2.05) is 6.08 Å². The molecule has 43 heavy (non-hydrogen) atoms. The van der Waals surface area contributed by atoms with Crippen molar-refractivity contribution in [2.45, 2.75) is 55.5 Å². The number of hydrogen-bond donors (Lipinski definition) is 0. The van der Waals surface area contributed by atoms with Crippen LogP contribution < -0.4 is 0 Å². The third-order valence-corrected chi connectivity index (χ3v) is 10.8. The number of aromatic nitrogens is 4. The van der Waals surface area contributed by atoms with Gasteiger partial charge >= 0.3 is 0 Å². The zero-order chi connectivity index (χ0) is 29.9. The number of fused-ring (bicyclic) bond motifs is 2. The second kappa shape index (κ2) is 10.4. The average Bonchev–Trinajstić information content (AvgIpc) is 3.74. The molecule has 7 rings (SSSR count). The summed E-state index contributed by atoms with van der Waals surface area (Å²) >= 11 is 5.93. The van der Waals surface area contributed by atoms with Crippen molar-refractivity contribution in [2.24, 2.45) is 5.41 Å². The second-order valence-electron chi connectivity index (χ2n) is 11.3. The van der Waals surface area contributed by atoms with Crippen molar-refractivity contribution in [1.82, 2.24) is 24.1 Å². The van der Waals surface area contributed by atoms with E-state index >= 15 is 0 Å². The van der Waals surface area contributed by atoms with Crippen LogP contribution in [0.15, 0.2) is 77.6 Å². The van der Waals surface area contributed by atoms with Crippen LogP contribution in [0.5, 0.6) is 0 Å². The lowest BCUT2D eigenvalue weighted by Gasteiger charge is -2.46. The number of carbonyl (C=O) groups is 1. The summed E-state index contributed by atoms with van der Waals surface area (Å²) in [5.74, 6) is -1.30. The van der Waals surface area contributed by atoms with Gasteiger partial charge in [0, 0.05) is 30.5 Å². The standard InChI is InChI=1S/C31H26ClF2N5O3S/c32-29-10-9-26(18-36-29)43(41,42)39(24-7-8-24)25-4-1-20-13-28-19(17-37-38(28)23-5-2-21(33)3-6-23)15-31(20,16-25)30(40)27-14-22(34)11-12-35-27/h2-3,5-6,9-14,17-18,24-25H,1,4,7-8,15-16H2/t25-,31-/m0/s1. The molecule has 0 N–H and O–H groups in total. The maximum atomic E-state index is 14.4. The van der Waals surface area contributed by atoms with E-state index in [0.717, 1.165) is 35.7 Å². The van der Waals surface area contributed by atoms with Gasteiger partial charge in [0.05, 0.1) is 23.0 Å². The zero-order valence-corrected chi connectivity index (χ0v) is 24.4. The van der Waals surface area contributed by atoms with Gasteiger partial charge in [-0.25, -0.2) is 26.9 Å². The number of Topliss-reactive ketones (excluding diaryl/α,β-unsaturated/α-hetero) is 1. The van der Waals surface area contributed by atoms with Gasteiger partial charge in [0.25, 0.3) is 0 Å². The summed E-state index contributed by atoms with van der Waals surface area (Å²) in [6.07, 6.45) is 8.96.